The molecular formula is C20H20F2N2O4S2. The monoisotopic (exact) mass is 454 g/mol. The molecule has 2 aliphatic heterocycles. The molecule has 6 nitrogen and oxygen atoms in total. The zero-order valence-corrected chi connectivity index (χ0v) is 17.6. The van der Waals surface area contributed by atoms with Gasteiger partial charge in [-0.3, -0.25) is 4.79 Å². The molecule has 1 atom stereocenters. The number of nitrogens with zero attached hydrogens (tertiary/aromatic N) is 1. The van der Waals surface area contributed by atoms with Crippen molar-refractivity contribution in [1.29, 1.82) is 0 Å². The van der Waals surface area contributed by atoms with Crippen LogP contribution in [0.5, 0.6) is 0 Å². The molecule has 1 fully saturated rings. The number of benzene rings is 2. The number of thioether (sulfide) groups is 1. The number of amides is 1. The number of morpholine rings is 1. The Balaban J connectivity index is 1.60. The van der Waals surface area contributed by atoms with Crippen molar-refractivity contribution in [2.24, 2.45) is 0 Å². The average molecular weight is 455 g/mol. The predicted octanol–water partition coefficient (Wildman–Crippen LogP) is 2.95. The molecule has 0 bridgehead atoms. The fourth-order valence-corrected chi connectivity index (χ4v) is 6.12. The third kappa shape index (κ3) is 4.09. The van der Waals surface area contributed by atoms with Crippen LogP contribution < -0.4 is 5.32 Å². The number of sulfonamides is 1. The first-order valence-electron chi connectivity index (χ1n) is 9.47. The van der Waals surface area contributed by atoms with Gasteiger partial charge in [-0.2, -0.15) is 4.31 Å². The van der Waals surface area contributed by atoms with Crippen LogP contribution in [-0.2, 0) is 14.8 Å². The molecule has 10 heteroatoms. The lowest BCUT2D eigenvalue weighted by Crippen LogP contribution is -2.40. The maximum absolute atomic E-state index is 14.4. The van der Waals surface area contributed by atoms with Crippen molar-refractivity contribution in [2.75, 3.05) is 32.1 Å². The maximum Gasteiger partial charge on any atom is 0.254 e. The van der Waals surface area contributed by atoms with Crippen molar-refractivity contribution in [3.8, 4) is 0 Å². The lowest BCUT2D eigenvalue weighted by Gasteiger charge is -2.27. The number of ether oxygens (including phenoxy) is 1. The van der Waals surface area contributed by atoms with Crippen LogP contribution >= 0.6 is 11.8 Å². The van der Waals surface area contributed by atoms with Crippen molar-refractivity contribution >= 4 is 27.7 Å². The molecule has 2 aliphatic rings. The lowest BCUT2D eigenvalue weighted by molar-refractivity contribution is 0.0730. The molecule has 0 aromatic heterocycles. The van der Waals surface area contributed by atoms with E-state index in [2.05, 4.69) is 5.32 Å². The van der Waals surface area contributed by atoms with Gasteiger partial charge in [0.05, 0.1) is 29.7 Å². The van der Waals surface area contributed by atoms with Gasteiger partial charge in [0.2, 0.25) is 10.0 Å². The second-order valence-corrected chi connectivity index (χ2v) is 10.0. The highest BCUT2D eigenvalue weighted by Gasteiger charge is 2.29. The Kier molecular flexibility index (Phi) is 6.10. The van der Waals surface area contributed by atoms with Gasteiger partial charge in [0.25, 0.3) is 5.91 Å². The molecule has 1 amide bonds. The van der Waals surface area contributed by atoms with E-state index in [4.69, 9.17) is 4.74 Å². The number of hydrogen-bond acceptors (Lipinski definition) is 5. The fraction of sp³-hybridized carbons (Fsp3) is 0.350. The molecule has 2 heterocycles. The summed E-state index contributed by atoms with van der Waals surface area (Å²) in [6, 6.07) is 7.35. The van der Waals surface area contributed by atoms with Gasteiger partial charge in [0, 0.05) is 23.7 Å². The minimum absolute atomic E-state index is 0.151. The normalized spacial score (nSPS) is 19.9. The van der Waals surface area contributed by atoms with Crippen LogP contribution in [0.1, 0.15) is 28.4 Å². The average Bonchev–Trinajstić information content (AvgIpc) is 2.75. The molecule has 0 radical (unpaired) electrons. The van der Waals surface area contributed by atoms with Crippen molar-refractivity contribution in [3.63, 3.8) is 0 Å². The van der Waals surface area contributed by atoms with Gasteiger partial charge in [-0.25, -0.2) is 17.2 Å². The molecule has 2 aromatic carbocycles. The summed E-state index contributed by atoms with van der Waals surface area (Å²) in [5.74, 6) is -1.31. The summed E-state index contributed by atoms with van der Waals surface area (Å²) >= 11 is 1.37. The summed E-state index contributed by atoms with van der Waals surface area (Å²) in [5, 5.41) is 2.73. The van der Waals surface area contributed by atoms with E-state index in [1.807, 2.05) is 0 Å². The zero-order chi connectivity index (χ0) is 21.3. The number of nitrogens with one attached hydrogen (secondary N) is 1. The first-order valence-corrected chi connectivity index (χ1v) is 11.9. The largest absolute Gasteiger partial charge is 0.379 e. The Morgan fingerprint density at radius 2 is 1.90 bits per heavy atom. The first-order chi connectivity index (χ1) is 14.4. The Morgan fingerprint density at radius 3 is 2.67 bits per heavy atom. The summed E-state index contributed by atoms with van der Waals surface area (Å²) in [5.41, 5.74) is 0.276. The smallest absolute Gasteiger partial charge is 0.254 e. The topological polar surface area (TPSA) is 75.7 Å². The van der Waals surface area contributed by atoms with E-state index in [9.17, 15) is 22.0 Å². The van der Waals surface area contributed by atoms with Gasteiger partial charge in [-0.1, -0.05) is 12.1 Å². The molecule has 0 saturated carbocycles. The van der Waals surface area contributed by atoms with Gasteiger partial charge in [-0.15, -0.1) is 11.8 Å². The van der Waals surface area contributed by atoms with Gasteiger partial charge in [0.1, 0.15) is 11.6 Å². The minimum atomic E-state index is -3.87. The second-order valence-electron chi connectivity index (χ2n) is 6.98. The Morgan fingerprint density at radius 1 is 1.13 bits per heavy atom. The molecular weight excluding hydrogens is 434 g/mol. The van der Waals surface area contributed by atoms with Crippen LogP contribution in [0.15, 0.2) is 46.2 Å². The quantitative estimate of drug-likeness (QED) is 0.769. The molecule has 2 aromatic rings. The molecule has 160 valence electrons. The van der Waals surface area contributed by atoms with Crippen LogP contribution in [0.2, 0.25) is 0 Å². The number of hydrogen-bond donors (Lipinski definition) is 1. The number of carbonyl (C=O) groups is 1. The number of rotatable bonds is 4. The summed E-state index contributed by atoms with van der Waals surface area (Å²) in [6.07, 6.45) is 0.556. The highest BCUT2D eigenvalue weighted by Crippen LogP contribution is 2.38. The third-order valence-corrected chi connectivity index (χ3v) is 8.18. The lowest BCUT2D eigenvalue weighted by atomic mass is 10.0. The van der Waals surface area contributed by atoms with Crippen molar-refractivity contribution < 1.29 is 26.7 Å². The third-order valence-electron chi connectivity index (χ3n) is 5.12. The summed E-state index contributed by atoms with van der Waals surface area (Å²) < 4.78 is 60.6. The van der Waals surface area contributed by atoms with Crippen LogP contribution in [0, 0.1) is 11.6 Å². The number of fused-ring (bicyclic) bond motifs is 1. The molecule has 1 unspecified atom stereocenters. The van der Waals surface area contributed by atoms with Gasteiger partial charge in [0.15, 0.2) is 0 Å². The minimum Gasteiger partial charge on any atom is -0.379 e. The number of carbonyl (C=O) groups excluding carboxylic acids is 1. The second kappa shape index (κ2) is 8.62. The van der Waals surface area contributed by atoms with Gasteiger partial charge < -0.3 is 10.1 Å². The Labute approximate surface area is 177 Å². The van der Waals surface area contributed by atoms with Gasteiger partial charge >= 0.3 is 0 Å². The van der Waals surface area contributed by atoms with Gasteiger partial charge in [-0.05, 0) is 36.2 Å². The van der Waals surface area contributed by atoms with Crippen molar-refractivity contribution in [1.82, 2.24) is 9.62 Å². The molecule has 0 spiro atoms. The van der Waals surface area contributed by atoms with Crippen LogP contribution in [0.25, 0.3) is 0 Å². The molecule has 4 rings (SSSR count). The van der Waals surface area contributed by atoms with E-state index < -0.39 is 27.8 Å². The first kappa shape index (κ1) is 21.2. The van der Waals surface area contributed by atoms with E-state index in [-0.39, 0.29) is 42.6 Å². The van der Waals surface area contributed by atoms with E-state index in [0.29, 0.717) is 22.6 Å². The highest BCUT2D eigenvalue weighted by atomic mass is 32.2. The molecule has 1 N–H and O–H groups in total. The van der Waals surface area contributed by atoms with Crippen LogP contribution in [0.4, 0.5) is 8.78 Å². The molecule has 0 aliphatic carbocycles. The van der Waals surface area contributed by atoms with E-state index in [0.717, 1.165) is 18.2 Å². The summed E-state index contributed by atoms with van der Waals surface area (Å²) in [7, 11) is -3.87. The zero-order valence-electron chi connectivity index (χ0n) is 15.9. The van der Waals surface area contributed by atoms with E-state index in [1.54, 1.807) is 12.1 Å². The summed E-state index contributed by atoms with van der Waals surface area (Å²) in [6.45, 7) is 0.958. The standard InChI is InChI=1S/C20H20F2N2O4S2/c21-16-5-4-13(30(26,27)24-7-9-28-10-8-24)12-15(16)20(25)23-18-6-11-29-19-14(18)2-1-3-17(19)22/h1-5,12,18H,6-11H2,(H,23,25). The van der Waals surface area contributed by atoms with Crippen molar-refractivity contribution in [2.45, 2.75) is 22.3 Å². The number of halogens is 2. The SMILES string of the molecule is O=C(NC1CCSc2c(F)cccc21)c1cc(S(=O)(=O)N2CCOCC2)ccc1F. The molecule has 1 saturated heterocycles. The Hall–Kier alpha value is -2.01. The Bertz CT molecular complexity index is 1070. The van der Waals surface area contributed by atoms with Crippen molar-refractivity contribution in [3.05, 3.63) is 59.2 Å². The summed E-state index contributed by atoms with van der Waals surface area (Å²) in [4.78, 5) is 13.1. The molecule has 30 heavy (non-hydrogen) atoms. The maximum atomic E-state index is 14.4. The van der Waals surface area contributed by atoms with Crippen LogP contribution in [0.3, 0.4) is 0 Å². The van der Waals surface area contributed by atoms with Crippen LogP contribution in [-0.4, -0.2) is 50.7 Å². The van der Waals surface area contributed by atoms with E-state index in [1.165, 1.54) is 22.1 Å². The fourth-order valence-electron chi connectivity index (χ4n) is 3.55. The van der Waals surface area contributed by atoms with E-state index >= 15 is 0 Å². The highest BCUT2D eigenvalue weighted by molar-refractivity contribution is 7.99. The predicted molar refractivity (Wildman–Crippen MR) is 108 cm³/mol.